The van der Waals surface area contributed by atoms with E-state index in [1.165, 1.54) is 20.6 Å². The van der Waals surface area contributed by atoms with Crippen molar-refractivity contribution < 1.29 is 13.9 Å². The van der Waals surface area contributed by atoms with Crippen molar-refractivity contribution in [1.29, 1.82) is 0 Å². The highest BCUT2D eigenvalue weighted by molar-refractivity contribution is 7.40. The molecule has 0 amide bonds. The zero-order valence-corrected chi connectivity index (χ0v) is 6.74. The normalized spacial score (nSPS) is 8.25. The minimum atomic E-state index is -1.58. The van der Waals surface area contributed by atoms with Gasteiger partial charge in [-0.25, -0.2) is 0 Å². The predicted octanol–water partition coefficient (Wildman–Crippen LogP) is 1.35. The number of hydrogen-bond donors (Lipinski definition) is 1. The third-order valence-electron chi connectivity index (χ3n) is 0.312. The number of alkyl halides is 1. The molecule has 0 aliphatic heterocycles. The average molecular weight is 161 g/mol. The Kier molecular flexibility index (Phi) is 15.0. The molecule has 0 aromatic heterocycles. The monoisotopic (exact) mass is 160 g/mol. The minimum absolute atomic E-state index is 1.38. The van der Waals surface area contributed by atoms with E-state index in [0.717, 1.165) is 0 Å². The summed E-state index contributed by atoms with van der Waals surface area (Å²) < 4.78 is 8.59. The molecule has 0 aliphatic rings. The van der Waals surface area contributed by atoms with Crippen molar-refractivity contribution in [2.24, 2.45) is 0 Å². The summed E-state index contributed by atoms with van der Waals surface area (Å²) in [5.74, 6) is 0. The van der Waals surface area contributed by atoms with Gasteiger partial charge in [0, 0.05) is 20.6 Å². The van der Waals surface area contributed by atoms with Gasteiger partial charge >= 0.3 is 8.60 Å². The second-order valence-electron chi connectivity index (χ2n) is 0.603. The van der Waals surface area contributed by atoms with Crippen LogP contribution in [0.4, 0.5) is 0 Å². The highest BCUT2D eigenvalue weighted by atomic mass is 35.5. The van der Waals surface area contributed by atoms with Crippen molar-refractivity contribution in [2.75, 3.05) is 20.6 Å². The number of hydrogen-bond acceptors (Lipinski definition) is 3. The van der Waals surface area contributed by atoms with E-state index in [4.69, 9.17) is 4.89 Å². The maximum atomic E-state index is 8.29. The quantitative estimate of drug-likeness (QED) is 0.490. The van der Waals surface area contributed by atoms with Crippen LogP contribution in [0.3, 0.4) is 0 Å². The Bertz CT molecular complexity index is 33.7. The summed E-state index contributed by atoms with van der Waals surface area (Å²) in [5.41, 5.74) is 0. The molecule has 0 aromatic rings. The maximum absolute atomic E-state index is 8.29. The van der Waals surface area contributed by atoms with E-state index in [1.54, 1.807) is 0 Å². The van der Waals surface area contributed by atoms with Crippen LogP contribution in [0.5, 0.6) is 0 Å². The van der Waals surface area contributed by atoms with E-state index >= 15 is 0 Å². The second kappa shape index (κ2) is 10.6. The highest BCUT2D eigenvalue weighted by Gasteiger charge is 1.94. The number of rotatable bonds is 2. The summed E-state index contributed by atoms with van der Waals surface area (Å²) in [5, 5.41) is 0. The lowest BCUT2D eigenvalue weighted by atomic mass is 11.8. The second-order valence-corrected chi connectivity index (χ2v) is 1.81. The molecule has 3 nitrogen and oxygen atoms in total. The van der Waals surface area contributed by atoms with Crippen molar-refractivity contribution in [3.05, 3.63) is 0 Å². The van der Waals surface area contributed by atoms with Crippen LogP contribution in [0.2, 0.25) is 0 Å². The van der Waals surface area contributed by atoms with Crippen molar-refractivity contribution in [2.45, 2.75) is 0 Å². The molecule has 0 unspecified atom stereocenters. The Morgan fingerprint density at radius 1 is 1.25 bits per heavy atom. The van der Waals surface area contributed by atoms with Crippen LogP contribution in [0.25, 0.3) is 0 Å². The molecule has 5 heteroatoms. The molecule has 0 radical (unpaired) electrons. The first-order valence-corrected chi connectivity index (χ1v) is 3.65. The van der Waals surface area contributed by atoms with Crippen LogP contribution < -0.4 is 0 Å². The Labute approximate surface area is 55.6 Å². The minimum Gasteiger partial charge on any atom is -0.328 e. The zero-order chi connectivity index (χ0) is 6.99. The molecule has 0 atom stereocenters. The Balaban J connectivity index is 0. The Hall–Kier alpha value is 0.600. The third-order valence-corrected chi connectivity index (χ3v) is 0.937. The van der Waals surface area contributed by atoms with Gasteiger partial charge in [-0.15, -0.1) is 11.6 Å². The molecule has 0 heterocycles. The molecule has 52 valence electrons. The smallest absolute Gasteiger partial charge is 0.328 e. The molecule has 0 fully saturated rings. The SMILES string of the molecule is CCl.COP(O)OC. The zero-order valence-electron chi connectivity index (χ0n) is 5.09. The van der Waals surface area contributed by atoms with Gasteiger partial charge in [-0.1, -0.05) is 0 Å². The molecule has 0 aromatic carbocycles. The van der Waals surface area contributed by atoms with Crippen LogP contribution >= 0.6 is 20.2 Å². The largest absolute Gasteiger partial charge is 0.329 e. The standard InChI is InChI=1S/C2H7O3P.CH3Cl/c1-4-6(3)5-2;1-2/h3H,1-2H3;1H3. The summed E-state index contributed by atoms with van der Waals surface area (Å²) in [6.07, 6.45) is 1.47. The molecule has 0 rings (SSSR count). The first kappa shape index (κ1) is 11.4. The number of halogens is 1. The van der Waals surface area contributed by atoms with Gasteiger partial charge in [0.25, 0.3) is 0 Å². The first-order valence-electron chi connectivity index (χ1n) is 1.76. The van der Waals surface area contributed by atoms with Gasteiger partial charge in [0.15, 0.2) is 0 Å². The molecule has 1 N–H and O–H groups in total. The van der Waals surface area contributed by atoms with Crippen molar-refractivity contribution in [3.8, 4) is 0 Å². The fourth-order valence-corrected chi connectivity index (χ4v) is 0.224. The molecule has 0 bridgehead atoms. The Morgan fingerprint density at radius 2 is 1.50 bits per heavy atom. The van der Waals surface area contributed by atoms with Crippen LogP contribution in [0.1, 0.15) is 0 Å². The molecule has 0 saturated heterocycles. The van der Waals surface area contributed by atoms with Gasteiger partial charge in [-0.05, 0) is 0 Å². The van der Waals surface area contributed by atoms with E-state index in [2.05, 4.69) is 20.6 Å². The van der Waals surface area contributed by atoms with Crippen molar-refractivity contribution in [3.63, 3.8) is 0 Å². The molecule has 0 saturated carbocycles. The molecule has 8 heavy (non-hydrogen) atoms. The van der Waals surface area contributed by atoms with E-state index in [0.29, 0.717) is 0 Å². The lowest BCUT2D eigenvalue weighted by Crippen LogP contribution is -1.75. The van der Waals surface area contributed by atoms with Gasteiger partial charge in [0.1, 0.15) is 0 Å². The summed E-state index contributed by atoms with van der Waals surface area (Å²) in [4.78, 5) is 8.29. The van der Waals surface area contributed by atoms with Gasteiger partial charge < -0.3 is 13.9 Å². The van der Waals surface area contributed by atoms with Gasteiger partial charge in [-0.2, -0.15) is 0 Å². The third kappa shape index (κ3) is 9.78. The van der Waals surface area contributed by atoms with E-state index < -0.39 is 8.60 Å². The summed E-state index contributed by atoms with van der Waals surface area (Å²) in [6.45, 7) is 0. The van der Waals surface area contributed by atoms with Crippen LogP contribution in [-0.2, 0) is 9.05 Å². The van der Waals surface area contributed by atoms with Gasteiger partial charge in [0.2, 0.25) is 0 Å². The van der Waals surface area contributed by atoms with Crippen LogP contribution in [-0.4, -0.2) is 25.5 Å². The summed E-state index contributed by atoms with van der Waals surface area (Å²) >= 11 is 4.64. The van der Waals surface area contributed by atoms with E-state index in [1.807, 2.05) is 0 Å². The lowest BCUT2D eigenvalue weighted by Gasteiger charge is -1.98. The van der Waals surface area contributed by atoms with E-state index in [9.17, 15) is 0 Å². The topological polar surface area (TPSA) is 38.7 Å². The van der Waals surface area contributed by atoms with Gasteiger partial charge in [-0.3, -0.25) is 0 Å². The van der Waals surface area contributed by atoms with Crippen LogP contribution in [0, 0.1) is 0 Å². The Morgan fingerprint density at radius 3 is 1.50 bits per heavy atom. The predicted molar refractivity (Wildman–Crippen MR) is 34.9 cm³/mol. The summed E-state index contributed by atoms with van der Waals surface area (Å²) in [6, 6.07) is 0. The first-order chi connectivity index (χ1) is 3.81. The fraction of sp³-hybridized carbons (Fsp3) is 1.00. The average Bonchev–Trinajstić information content (AvgIpc) is 1.91. The highest BCUT2D eigenvalue weighted by Crippen LogP contribution is 2.28. The summed E-state index contributed by atoms with van der Waals surface area (Å²) in [7, 11) is 1.19. The molecular formula is C3H10ClO3P. The van der Waals surface area contributed by atoms with Gasteiger partial charge in [0.05, 0.1) is 0 Å². The molecule has 0 aliphatic carbocycles. The van der Waals surface area contributed by atoms with Crippen LogP contribution in [0.15, 0.2) is 0 Å². The molecule has 0 spiro atoms. The fourth-order valence-electron chi connectivity index (χ4n) is 0.0745. The van der Waals surface area contributed by atoms with Crippen molar-refractivity contribution in [1.82, 2.24) is 0 Å². The lowest BCUT2D eigenvalue weighted by molar-refractivity contribution is 0.271. The molecular weight excluding hydrogens is 150 g/mol. The maximum Gasteiger partial charge on any atom is 0.329 e. The van der Waals surface area contributed by atoms with Crippen molar-refractivity contribution >= 4 is 20.2 Å². The van der Waals surface area contributed by atoms with E-state index in [-0.39, 0.29) is 0 Å².